The first-order chi connectivity index (χ1) is 9.75. The number of nitrogens with two attached hydrogens (primary N) is 1. The Morgan fingerprint density at radius 1 is 1.35 bits per heavy atom. The largest absolute Gasteiger partial charge is 0.370 e. The molecule has 0 saturated heterocycles. The number of rotatable bonds is 4. The lowest BCUT2D eigenvalue weighted by atomic mass is 10.0. The average molecular weight is 270 g/mol. The minimum atomic E-state index is -0.288. The van der Waals surface area contributed by atoms with Crippen molar-refractivity contribution in [3.8, 4) is 11.3 Å². The Morgan fingerprint density at radius 3 is 2.90 bits per heavy atom. The fourth-order valence-electron chi connectivity index (χ4n) is 2.65. The van der Waals surface area contributed by atoms with E-state index in [-0.39, 0.29) is 5.91 Å². The van der Waals surface area contributed by atoms with E-state index in [2.05, 4.69) is 17.4 Å². The zero-order chi connectivity index (χ0) is 13.9. The van der Waals surface area contributed by atoms with Gasteiger partial charge in [0.1, 0.15) is 0 Å². The smallest absolute Gasteiger partial charge is 0.219 e. The molecule has 5 nitrogen and oxygen atoms in total. The molecule has 3 N–H and O–H groups in total. The molecule has 1 aliphatic rings. The molecule has 0 spiro atoms. The fourth-order valence-corrected chi connectivity index (χ4v) is 2.65. The van der Waals surface area contributed by atoms with Crippen molar-refractivity contribution in [2.45, 2.75) is 25.9 Å². The van der Waals surface area contributed by atoms with Gasteiger partial charge in [-0.3, -0.25) is 9.48 Å². The lowest BCUT2D eigenvalue weighted by molar-refractivity contribution is -0.118. The van der Waals surface area contributed by atoms with Crippen molar-refractivity contribution in [3.63, 3.8) is 0 Å². The van der Waals surface area contributed by atoms with Gasteiger partial charge < -0.3 is 11.1 Å². The fraction of sp³-hybridized carbons (Fsp3) is 0.333. The molecular weight excluding hydrogens is 252 g/mol. The highest BCUT2D eigenvalue weighted by Crippen LogP contribution is 2.27. The zero-order valence-corrected chi connectivity index (χ0v) is 11.3. The molecule has 0 atom stereocenters. The van der Waals surface area contributed by atoms with Crippen LogP contribution in [-0.2, 0) is 24.3 Å². The first-order valence-electron chi connectivity index (χ1n) is 6.88. The van der Waals surface area contributed by atoms with Crippen molar-refractivity contribution < 1.29 is 4.79 Å². The van der Waals surface area contributed by atoms with Crippen molar-refractivity contribution in [2.75, 3.05) is 6.54 Å². The Morgan fingerprint density at radius 2 is 2.15 bits per heavy atom. The van der Waals surface area contributed by atoms with Crippen LogP contribution in [-0.4, -0.2) is 22.2 Å². The molecule has 0 fully saturated rings. The summed E-state index contributed by atoms with van der Waals surface area (Å²) in [6, 6.07) is 10.2. The highest BCUT2D eigenvalue weighted by molar-refractivity contribution is 5.73. The standard InChI is InChI=1S/C15H18N4O/c16-14(20)7-9-19-13-6-8-17-10-12(13)15(18-19)11-4-2-1-3-5-11/h1-5,17H,6-10H2,(H2,16,20). The highest BCUT2D eigenvalue weighted by atomic mass is 16.1. The van der Waals surface area contributed by atoms with E-state index in [9.17, 15) is 4.79 Å². The van der Waals surface area contributed by atoms with Gasteiger partial charge in [-0.15, -0.1) is 0 Å². The molecule has 1 amide bonds. The van der Waals surface area contributed by atoms with Gasteiger partial charge in [0.2, 0.25) is 5.91 Å². The Labute approximate surface area is 117 Å². The summed E-state index contributed by atoms with van der Waals surface area (Å²) in [6.07, 6.45) is 1.27. The summed E-state index contributed by atoms with van der Waals surface area (Å²) in [5.74, 6) is -0.288. The van der Waals surface area contributed by atoms with Gasteiger partial charge in [0.05, 0.1) is 5.69 Å². The van der Waals surface area contributed by atoms with Crippen LogP contribution >= 0.6 is 0 Å². The number of hydrogen-bond donors (Lipinski definition) is 2. The molecule has 0 unspecified atom stereocenters. The van der Waals surface area contributed by atoms with Crippen LogP contribution in [0.2, 0.25) is 0 Å². The van der Waals surface area contributed by atoms with Crippen molar-refractivity contribution in [2.24, 2.45) is 5.73 Å². The maximum Gasteiger partial charge on any atom is 0.219 e. The van der Waals surface area contributed by atoms with Gasteiger partial charge in [0, 0.05) is 49.3 Å². The van der Waals surface area contributed by atoms with E-state index in [1.807, 2.05) is 22.9 Å². The number of primary amides is 1. The van der Waals surface area contributed by atoms with Crippen LogP contribution < -0.4 is 11.1 Å². The molecule has 2 heterocycles. The molecule has 5 heteroatoms. The second kappa shape index (κ2) is 5.46. The molecular formula is C15H18N4O. The Kier molecular flexibility index (Phi) is 3.52. The third-order valence-corrected chi connectivity index (χ3v) is 3.62. The van der Waals surface area contributed by atoms with Crippen molar-refractivity contribution >= 4 is 5.91 Å². The number of hydrogen-bond acceptors (Lipinski definition) is 3. The molecule has 0 radical (unpaired) electrons. The second-order valence-corrected chi connectivity index (χ2v) is 5.01. The quantitative estimate of drug-likeness (QED) is 0.873. The van der Waals surface area contributed by atoms with Crippen LogP contribution in [0.3, 0.4) is 0 Å². The van der Waals surface area contributed by atoms with E-state index in [4.69, 9.17) is 10.8 Å². The molecule has 104 valence electrons. The van der Waals surface area contributed by atoms with Gasteiger partial charge in [0.25, 0.3) is 0 Å². The zero-order valence-electron chi connectivity index (χ0n) is 11.3. The van der Waals surface area contributed by atoms with E-state index < -0.39 is 0 Å². The molecule has 20 heavy (non-hydrogen) atoms. The first kappa shape index (κ1) is 12.9. The van der Waals surface area contributed by atoms with Gasteiger partial charge in [0.15, 0.2) is 0 Å². The van der Waals surface area contributed by atoms with Crippen LogP contribution in [0.5, 0.6) is 0 Å². The summed E-state index contributed by atoms with van der Waals surface area (Å²) in [5, 5.41) is 8.09. The van der Waals surface area contributed by atoms with E-state index in [0.29, 0.717) is 13.0 Å². The van der Waals surface area contributed by atoms with E-state index in [0.717, 1.165) is 30.8 Å². The second-order valence-electron chi connectivity index (χ2n) is 5.01. The van der Waals surface area contributed by atoms with Crippen molar-refractivity contribution in [1.82, 2.24) is 15.1 Å². The van der Waals surface area contributed by atoms with Gasteiger partial charge in [-0.25, -0.2) is 0 Å². The number of benzene rings is 1. The maximum absolute atomic E-state index is 11.0. The Hall–Kier alpha value is -2.14. The molecule has 0 aliphatic carbocycles. The number of nitrogens with zero attached hydrogens (tertiary/aromatic N) is 2. The van der Waals surface area contributed by atoms with Crippen LogP contribution in [0.25, 0.3) is 11.3 Å². The minimum absolute atomic E-state index is 0.288. The van der Waals surface area contributed by atoms with Gasteiger partial charge in [-0.2, -0.15) is 5.10 Å². The number of aryl methyl sites for hydroxylation is 1. The third-order valence-electron chi connectivity index (χ3n) is 3.62. The maximum atomic E-state index is 11.0. The molecule has 1 aromatic carbocycles. The van der Waals surface area contributed by atoms with Crippen molar-refractivity contribution in [3.05, 3.63) is 41.6 Å². The number of amides is 1. The molecule has 1 aliphatic heterocycles. The predicted molar refractivity (Wildman–Crippen MR) is 76.9 cm³/mol. The van der Waals surface area contributed by atoms with Crippen LogP contribution in [0.4, 0.5) is 0 Å². The van der Waals surface area contributed by atoms with Gasteiger partial charge >= 0.3 is 0 Å². The number of carbonyl (C=O) groups is 1. The SMILES string of the molecule is NC(=O)CCn1nc(-c2ccccc2)c2c1CCNC2. The number of aromatic nitrogens is 2. The minimum Gasteiger partial charge on any atom is -0.370 e. The molecule has 3 rings (SSSR count). The monoisotopic (exact) mass is 270 g/mol. The molecule has 0 bridgehead atoms. The normalized spacial score (nSPS) is 14.0. The molecule has 0 saturated carbocycles. The molecule has 2 aromatic rings. The predicted octanol–water partition coefficient (Wildman–Crippen LogP) is 1.07. The highest BCUT2D eigenvalue weighted by Gasteiger charge is 2.21. The summed E-state index contributed by atoms with van der Waals surface area (Å²) in [6.45, 7) is 2.34. The Balaban J connectivity index is 2.00. The lowest BCUT2D eigenvalue weighted by Crippen LogP contribution is -2.25. The summed E-state index contributed by atoms with van der Waals surface area (Å²) >= 11 is 0. The van der Waals surface area contributed by atoms with E-state index in [1.165, 1.54) is 11.3 Å². The summed E-state index contributed by atoms with van der Waals surface area (Å²) < 4.78 is 1.95. The van der Waals surface area contributed by atoms with Crippen LogP contribution in [0, 0.1) is 0 Å². The number of fused-ring (bicyclic) bond motifs is 1. The van der Waals surface area contributed by atoms with E-state index in [1.54, 1.807) is 0 Å². The van der Waals surface area contributed by atoms with Gasteiger partial charge in [-0.05, 0) is 0 Å². The lowest BCUT2D eigenvalue weighted by Gasteiger charge is -2.15. The van der Waals surface area contributed by atoms with E-state index >= 15 is 0 Å². The van der Waals surface area contributed by atoms with Gasteiger partial charge in [-0.1, -0.05) is 30.3 Å². The molecule has 1 aromatic heterocycles. The number of nitrogens with one attached hydrogen (secondary N) is 1. The topological polar surface area (TPSA) is 72.9 Å². The first-order valence-corrected chi connectivity index (χ1v) is 6.88. The summed E-state index contributed by atoms with van der Waals surface area (Å²) in [7, 11) is 0. The van der Waals surface area contributed by atoms with Crippen LogP contribution in [0.15, 0.2) is 30.3 Å². The summed E-state index contributed by atoms with van der Waals surface area (Å²) in [4.78, 5) is 11.0. The average Bonchev–Trinajstić information content (AvgIpc) is 2.85. The van der Waals surface area contributed by atoms with Crippen molar-refractivity contribution in [1.29, 1.82) is 0 Å². The number of carbonyl (C=O) groups excluding carboxylic acids is 1. The van der Waals surface area contributed by atoms with Crippen LogP contribution in [0.1, 0.15) is 17.7 Å². The summed E-state index contributed by atoms with van der Waals surface area (Å²) in [5.41, 5.74) is 9.84. The third kappa shape index (κ3) is 2.44. The Bertz CT molecular complexity index is 618.